The number of hydrogen-bond donors (Lipinski definition) is 0. The molecule has 0 saturated heterocycles. The first-order valence-electron chi connectivity index (χ1n) is 6.79. The first-order chi connectivity index (χ1) is 9.37. The molecule has 0 bridgehead atoms. The summed E-state index contributed by atoms with van der Waals surface area (Å²) < 4.78 is 10.8. The number of amides is 1. The normalized spacial score (nSPS) is 25.9. The minimum Gasteiger partial charge on any atom is -0.483 e. The molecule has 0 spiro atoms. The molecule has 0 N–H and O–H groups in total. The zero-order chi connectivity index (χ0) is 15.3. The molecule has 1 aliphatic rings. The molecule has 0 aromatic heterocycles. The molecule has 114 valence electrons. The molecule has 2 atom stereocenters. The topological polar surface area (TPSA) is 63.5 Å². The fourth-order valence-electron chi connectivity index (χ4n) is 2.16. The lowest BCUT2D eigenvalue weighted by Gasteiger charge is -2.34. The van der Waals surface area contributed by atoms with Gasteiger partial charge >= 0.3 is 0 Å². The van der Waals surface area contributed by atoms with E-state index >= 15 is 0 Å². The Bertz CT molecular complexity index is 406. The number of hydrogen-bond acceptors (Lipinski definition) is 5. The summed E-state index contributed by atoms with van der Waals surface area (Å²) in [4.78, 5) is 21.6. The fourth-order valence-corrected chi connectivity index (χ4v) is 2.16. The third kappa shape index (κ3) is 3.49. The Morgan fingerprint density at radius 2 is 2.05 bits per heavy atom. The smallest absolute Gasteiger partial charge is 0.212 e. The number of rotatable bonds is 5. The van der Waals surface area contributed by atoms with E-state index in [1.165, 1.54) is 0 Å². The molecular weight excluding hydrogens is 258 g/mol. The zero-order valence-electron chi connectivity index (χ0n) is 13.2. The molecule has 1 amide bonds. The van der Waals surface area contributed by atoms with Gasteiger partial charge in [-0.1, -0.05) is 13.8 Å². The average molecular weight is 283 g/mol. The Hall–Kier alpha value is -1.59. The Morgan fingerprint density at radius 3 is 2.50 bits per heavy atom. The Morgan fingerprint density at radius 1 is 1.40 bits per heavy atom. The number of carbonyl (C=O) groups is 1. The Labute approximate surface area is 120 Å². The highest BCUT2D eigenvalue weighted by Crippen LogP contribution is 2.27. The van der Waals surface area contributed by atoms with Crippen LogP contribution < -0.4 is 0 Å². The highest BCUT2D eigenvalue weighted by atomic mass is 16.5. The lowest BCUT2D eigenvalue weighted by molar-refractivity contribution is -0.117. The van der Waals surface area contributed by atoms with E-state index in [2.05, 4.69) is 23.8 Å². The van der Waals surface area contributed by atoms with Gasteiger partial charge in [-0.25, -0.2) is 9.98 Å². The summed E-state index contributed by atoms with van der Waals surface area (Å²) in [6, 6.07) is -0.119. The van der Waals surface area contributed by atoms with Crippen LogP contribution >= 0.6 is 0 Å². The van der Waals surface area contributed by atoms with Crippen molar-refractivity contribution in [3.8, 4) is 0 Å². The quantitative estimate of drug-likeness (QED) is 0.715. The number of nitrogens with zero attached hydrogens (tertiary/aromatic N) is 3. The maximum absolute atomic E-state index is 10.7. The molecule has 1 aliphatic heterocycles. The van der Waals surface area contributed by atoms with Crippen molar-refractivity contribution < 1.29 is 14.3 Å². The van der Waals surface area contributed by atoms with Crippen molar-refractivity contribution >= 4 is 18.2 Å². The SMILES string of the molecule is COC1=N[C@@](C)(CCN(C)C=O)C(OC)=N[C@@H]1C(C)C. The molecule has 0 unspecified atom stereocenters. The second-order valence-electron chi connectivity index (χ2n) is 5.59. The van der Waals surface area contributed by atoms with E-state index in [1.807, 2.05) is 6.92 Å². The highest BCUT2D eigenvalue weighted by molar-refractivity contribution is 5.96. The number of aliphatic imine (C=N–C) groups is 2. The van der Waals surface area contributed by atoms with Crippen LogP contribution in [0.25, 0.3) is 0 Å². The standard InChI is InChI=1S/C14H25N3O3/c1-10(2)11-12(19-5)16-14(3,13(15-11)20-6)7-8-17(4)9-18/h9-11H,7-8H2,1-6H3/t11-,14+/m1/s1. The van der Waals surface area contributed by atoms with Gasteiger partial charge in [-0.3, -0.25) is 4.79 Å². The van der Waals surface area contributed by atoms with Crippen molar-refractivity contribution in [3.05, 3.63) is 0 Å². The van der Waals surface area contributed by atoms with Crippen LogP contribution in [0, 0.1) is 5.92 Å². The highest BCUT2D eigenvalue weighted by Gasteiger charge is 2.39. The minimum absolute atomic E-state index is 0.119. The third-order valence-electron chi connectivity index (χ3n) is 3.49. The van der Waals surface area contributed by atoms with E-state index in [0.717, 1.165) is 6.41 Å². The van der Waals surface area contributed by atoms with E-state index in [9.17, 15) is 4.79 Å². The fraction of sp³-hybridized carbons (Fsp3) is 0.786. The van der Waals surface area contributed by atoms with Gasteiger partial charge < -0.3 is 14.4 Å². The van der Waals surface area contributed by atoms with Gasteiger partial charge in [-0.05, 0) is 19.3 Å². The van der Waals surface area contributed by atoms with Gasteiger partial charge in [0.15, 0.2) is 0 Å². The molecule has 0 radical (unpaired) electrons. The largest absolute Gasteiger partial charge is 0.483 e. The summed E-state index contributed by atoms with van der Waals surface area (Å²) in [5, 5.41) is 0. The van der Waals surface area contributed by atoms with Crippen LogP contribution in [0.2, 0.25) is 0 Å². The number of methoxy groups -OCH3 is 2. The second-order valence-corrected chi connectivity index (χ2v) is 5.59. The molecule has 20 heavy (non-hydrogen) atoms. The third-order valence-corrected chi connectivity index (χ3v) is 3.49. The van der Waals surface area contributed by atoms with Crippen LogP contribution in [0.15, 0.2) is 9.98 Å². The summed E-state index contributed by atoms with van der Waals surface area (Å²) in [5.74, 6) is 1.49. The van der Waals surface area contributed by atoms with Crippen LogP contribution in [0.3, 0.4) is 0 Å². The molecule has 0 fully saturated rings. The molecule has 0 saturated carbocycles. The summed E-state index contributed by atoms with van der Waals surface area (Å²) in [5.41, 5.74) is -0.594. The second kappa shape index (κ2) is 6.72. The van der Waals surface area contributed by atoms with Gasteiger partial charge in [-0.2, -0.15) is 0 Å². The molecule has 0 aliphatic carbocycles. The van der Waals surface area contributed by atoms with Crippen molar-refractivity contribution in [3.63, 3.8) is 0 Å². The maximum Gasteiger partial charge on any atom is 0.212 e. The first-order valence-corrected chi connectivity index (χ1v) is 6.79. The van der Waals surface area contributed by atoms with Crippen LogP contribution in [-0.4, -0.2) is 62.5 Å². The van der Waals surface area contributed by atoms with Gasteiger partial charge in [0.2, 0.25) is 18.2 Å². The van der Waals surface area contributed by atoms with Crippen molar-refractivity contribution in [1.29, 1.82) is 0 Å². The summed E-state index contributed by atoms with van der Waals surface area (Å²) in [7, 11) is 4.95. The maximum atomic E-state index is 10.7. The van der Waals surface area contributed by atoms with E-state index in [4.69, 9.17) is 9.47 Å². The Kier molecular flexibility index (Phi) is 5.53. The van der Waals surface area contributed by atoms with Crippen LogP contribution in [0.1, 0.15) is 27.2 Å². The van der Waals surface area contributed by atoms with Gasteiger partial charge in [0.05, 0.1) is 14.2 Å². The van der Waals surface area contributed by atoms with E-state index in [1.54, 1.807) is 26.2 Å². The minimum atomic E-state index is -0.594. The van der Waals surface area contributed by atoms with Gasteiger partial charge in [0.1, 0.15) is 11.6 Å². The van der Waals surface area contributed by atoms with E-state index in [-0.39, 0.29) is 12.0 Å². The van der Waals surface area contributed by atoms with E-state index < -0.39 is 5.54 Å². The van der Waals surface area contributed by atoms with Crippen LogP contribution in [-0.2, 0) is 14.3 Å². The summed E-state index contributed by atoms with van der Waals surface area (Å²) in [6.45, 7) is 6.66. The predicted molar refractivity (Wildman–Crippen MR) is 79.2 cm³/mol. The first kappa shape index (κ1) is 16.5. The predicted octanol–water partition coefficient (Wildman–Crippen LogP) is 1.35. The van der Waals surface area contributed by atoms with Gasteiger partial charge in [-0.15, -0.1) is 0 Å². The molecular formula is C14H25N3O3. The van der Waals surface area contributed by atoms with Gasteiger partial charge in [0, 0.05) is 13.6 Å². The average Bonchev–Trinajstić information content (AvgIpc) is 2.43. The van der Waals surface area contributed by atoms with Gasteiger partial charge in [0.25, 0.3) is 0 Å². The molecule has 0 aromatic carbocycles. The molecule has 6 nitrogen and oxygen atoms in total. The van der Waals surface area contributed by atoms with E-state index in [0.29, 0.717) is 24.8 Å². The number of ether oxygens (including phenoxy) is 2. The van der Waals surface area contributed by atoms with Crippen LogP contribution in [0.5, 0.6) is 0 Å². The number of carbonyl (C=O) groups excluding carboxylic acids is 1. The summed E-state index contributed by atoms with van der Waals surface area (Å²) >= 11 is 0. The monoisotopic (exact) mass is 283 g/mol. The van der Waals surface area contributed by atoms with Crippen molar-refractivity contribution in [2.75, 3.05) is 27.8 Å². The van der Waals surface area contributed by atoms with Crippen molar-refractivity contribution in [2.24, 2.45) is 15.9 Å². The van der Waals surface area contributed by atoms with Crippen LogP contribution in [0.4, 0.5) is 0 Å². The van der Waals surface area contributed by atoms with Crippen molar-refractivity contribution in [1.82, 2.24) is 4.90 Å². The lowest BCUT2D eigenvalue weighted by Crippen LogP contribution is -2.46. The molecule has 1 heterocycles. The zero-order valence-corrected chi connectivity index (χ0v) is 13.2. The molecule has 0 aromatic rings. The molecule has 6 heteroatoms. The van der Waals surface area contributed by atoms with Crippen molar-refractivity contribution in [2.45, 2.75) is 38.8 Å². The lowest BCUT2D eigenvalue weighted by atomic mass is 9.93. The molecule has 1 rings (SSSR count). The Balaban J connectivity index is 3.01. The summed E-state index contributed by atoms with van der Waals surface area (Å²) in [6.07, 6.45) is 1.43.